The van der Waals surface area contributed by atoms with Gasteiger partial charge < -0.3 is 106 Å². The summed E-state index contributed by atoms with van der Waals surface area (Å²) in [5, 5.41) is 39.2. The zero-order chi connectivity index (χ0) is 95.5. The van der Waals surface area contributed by atoms with Gasteiger partial charge in [0.15, 0.2) is 11.6 Å². The van der Waals surface area contributed by atoms with Crippen LogP contribution in [0, 0.1) is 22.7 Å². The summed E-state index contributed by atoms with van der Waals surface area (Å²) < 4.78 is 52.5. The number of ketones is 2. The lowest BCUT2D eigenvalue weighted by atomic mass is 9.84. The molecule has 6 atom stereocenters. The number of aliphatic hydroxyl groups excluding tert-OH is 2. The normalized spacial score (nSPS) is 14.9. The second-order valence-electron chi connectivity index (χ2n) is 33.2. The van der Waals surface area contributed by atoms with Gasteiger partial charge in [0.25, 0.3) is 0 Å². The summed E-state index contributed by atoms with van der Waals surface area (Å²) in [5.41, 5.74) is 6.15. The fraction of sp³-hybridized carbons (Fsp3) is 0.693. The number of carbonyl (C=O) groups is 17. The standard InChI is InChI=1S/C88H137N11O29S2/c1-87(2,3)24-20-66(96-74(106)52-62-18-13-17-61-14-7-8-19-65(61)62)69(103)51-64(16-10-12-27-91-76(108)58-126-45-43-120-35-29-93-73(105)23-31-99-80(112)54-71(86(99)118)130-60-78(110)95-56-82(114)128-49-47-124-41-39-122-37-33-101)84(116)97-67(21-25-88(4,5)6)68(102)50-63(83(89)115)15-9-11-26-90-75(107)57-125-44-42-119-34-28-92-72(104)22-30-98-79(111)53-70(85(98)117)129-59-77(109)94-55-81(113)127-48-46-123-40-38-121-36-32-100/h7-8,13-14,17-19,63-64,66-67,70-71,100-101H,9-12,15-16,20-60H2,1-6H3,(H2,89,115)(H,90,107)(H,91,108)(H,92,104)(H,93,105)(H,94,109)(H,95,110)(H,96,106)(H,97,116). The molecule has 13 amide bonds. The van der Waals surface area contributed by atoms with Crippen molar-refractivity contribution in [1.29, 1.82) is 0 Å². The first-order chi connectivity index (χ1) is 62.2. The maximum Gasteiger partial charge on any atom is 0.325 e. The first-order valence-corrected chi connectivity index (χ1v) is 46.3. The number of carbonyl (C=O) groups excluding carboxylic acids is 17. The van der Waals surface area contributed by atoms with Crippen molar-refractivity contribution in [3.63, 3.8) is 0 Å². The molecule has 2 aromatic carbocycles. The number of primary amides is 1. The maximum atomic E-state index is 14.8. The van der Waals surface area contributed by atoms with Crippen LogP contribution in [0.3, 0.4) is 0 Å². The Balaban J connectivity index is 1.19. The highest BCUT2D eigenvalue weighted by atomic mass is 32.2. The van der Waals surface area contributed by atoms with Gasteiger partial charge in [-0.05, 0) is 78.5 Å². The summed E-state index contributed by atoms with van der Waals surface area (Å²) in [5.74, 6) is -11.2. The zero-order valence-corrected chi connectivity index (χ0v) is 77.6. The Kier molecular flexibility index (Phi) is 56.9. The van der Waals surface area contributed by atoms with Gasteiger partial charge in [-0.3, -0.25) is 91.3 Å². The molecule has 12 N–H and O–H groups in total. The van der Waals surface area contributed by atoms with E-state index >= 15 is 0 Å². The number of ether oxygens (including phenoxy) is 10. The van der Waals surface area contributed by atoms with Gasteiger partial charge in [-0.15, -0.1) is 23.5 Å². The average Bonchev–Trinajstić information content (AvgIpc) is 1.80. The number of nitrogens with two attached hydrogens (primary N) is 1. The Morgan fingerprint density at radius 1 is 0.438 bits per heavy atom. The van der Waals surface area contributed by atoms with Crippen molar-refractivity contribution in [3.8, 4) is 0 Å². The molecule has 0 radical (unpaired) electrons. The minimum atomic E-state index is -1.08. The second-order valence-corrected chi connectivity index (χ2v) is 35.6. The maximum absolute atomic E-state index is 14.8. The Labute approximate surface area is 768 Å². The van der Waals surface area contributed by atoms with Crippen LogP contribution >= 0.6 is 23.5 Å². The van der Waals surface area contributed by atoms with Crippen LogP contribution in [0.2, 0.25) is 0 Å². The van der Waals surface area contributed by atoms with Crippen molar-refractivity contribution in [2.75, 3.05) is 196 Å². The number of nitrogens with one attached hydrogen (secondary N) is 8. The monoisotopic (exact) mass is 1880 g/mol. The first kappa shape index (κ1) is 113. The van der Waals surface area contributed by atoms with E-state index in [1.54, 1.807) is 0 Å². The number of Topliss-reactive ketones (excluding diaryl/α,β-unsaturated/α-hetero) is 2. The van der Waals surface area contributed by atoms with Gasteiger partial charge in [0.2, 0.25) is 76.8 Å². The smallest absolute Gasteiger partial charge is 0.325 e. The molecule has 42 heteroatoms. The Bertz CT molecular complexity index is 3900. The molecule has 730 valence electrons. The van der Waals surface area contributed by atoms with Crippen molar-refractivity contribution in [3.05, 3.63) is 48.0 Å². The first-order valence-electron chi connectivity index (χ1n) is 44.2. The van der Waals surface area contributed by atoms with Crippen molar-refractivity contribution < 1.29 is 139 Å². The number of benzene rings is 2. The Hall–Kier alpha value is -9.21. The number of likely N-dealkylation sites (tertiary alicyclic amines) is 2. The van der Waals surface area contributed by atoms with E-state index in [1.807, 2.05) is 84.0 Å². The molecule has 2 aliphatic heterocycles. The van der Waals surface area contributed by atoms with Crippen LogP contribution < -0.4 is 48.3 Å². The zero-order valence-electron chi connectivity index (χ0n) is 75.9. The van der Waals surface area contributed by atoms with Gasteiger partial charge in [-0.25, -0.2) is 0 Å². The van der Waals surface area contributed by atoms with Crippen LogP contribution in [0.1, 0.15) is 150 Å². The van der Waals surface area contributed by atoms with Crippen molar-refractivity contribution in [2.24, 2.45) is 28.4 Å². The Morgan fingerprint density at radius 3 is 1.29 bits per heavy atom. The molecule has 0 saturated carbocycles. The van der Waals surface area contributed by atoms with E-state index in [2.05, 4.69) is 42.5 Å². The quantitative estimate of drug-likeness (QED) is 0.0242. The molecule has 2 fully saturated rings. The molecule has 2 aromatic rings. The molecular weight excluding hydrogens is 1740 g/mol. The summed E-state index contributed by atoms with van der Waals surface area (Å²) in [6.07, 6.45) is 2.04. The molecule has 0 bridgehead atoms. The lowest BCUT2D eigenvalue weighted by Gasteiger charge is -2.27. The fourth-order valence-corrected chi connectivity index (χ4v) is 15.0. The third-order valence-electron chi connectivity index (χ3n) is 20.1. The summed E-state index contributed by atoms with van der Waals surface area (Å²) >= 11 is 1.87. The third-order valence-corrected chi connectivity index (χ3v) is 22.5. The van der Waals surface area contributed by atoms with Crippen LogP contribution in [-0.4, -0.2) is 339 Å². The summed E-state index contributed by atoms with van der Waals surface area (Å²) in [4.78, 5) is 224. The highest BCUT2D eigenvalue weighted by molar-refractivity contribution is 8.01. The SMILES string of the molecule is CC(C)(C)CCC(NC(=O)Cc1cccc2ccccc12)C(=O)CC(CCCCNC(=O)COCCOCCNC(=O)CCN1C(=O)CC(SCC(=O)NCC(=O)OCCOCCOCCO)C1=O)C(=O)NC(CCC(C)(C)C)C(=O)CC(CCCCNC(=O)COCCOCCNC(=O)CCN1C(=O)CC(SCC(=O)NCC(=O)OCCOCCOCCO)C1=O)C(N)=O. The van der Waals surface area contributed by atoms with Crippen LogP contribution in [0.25, 0.3) is 10.8 Å². The van der Waals surface area contributed by atoms with E-state index in [4.69, 9.17) is 63.3 Å². The number of unbranched alkanes of at least 4 members (excludes halogenated alkanes) is 2. The minimum Gasteiger partial charge on any atom is -0.462 e. The van der Waals surface area contributed by atoms with Gasteiger partial charge in [0.05, 0.1) is 146 Å². The van der Waals surface area contributed by atoms with Crippen LogP contribution in [0.4, 0.5) is 0 Å². The number of hydrogen-bond donors (Lipinski definition) is 11. The highest BCUT2D eigenvalue weighted by Gasteiger charge is 2.41. The molecule has 2 saturated heterocycles. The predicted octanol–water partition coefficient (Wildman–Crippen LogP) is 0.384. The number of thioether (sulfide) groups is 2. The molecule has 0 aromatic heterocycles. The molecule has 0 aliphatic carbocycles. The number of aliphatic hydroxyl groups is 2. The lowest BCUT2D eigenvalue weighted by molar-refractivity contribution is -0.145. The van der Waals surface area contributed by atoms with E-state index in [9.17, 15) is 81.5 Å². The van der Waals surface area contributed by atoms with E-state index in [1.165, 1.54) is 0 Å². The van der Waals surface area contributed by atoms with E-state index in [0.717, 1.165) is 49.7 Å². The third kappa shape index (κ3) is 51.0. The van der Waals surface area contributed by atoms with Crippen molar-refractivity contribution in [2.45, 2.75) is 173 Å². The molecule has 2 aliphatic rings. The molecular formula is C88H137N11O29S2. The fourth-order valence-electron chi connectivity index (χ4n) is 13.0. The Morgan fingerprint density at radius 2 is 0.838 bits per heavy atom. The summed E-state index contributed by atoms with van der Waals surface area (Å²) in [7, 11) is 0. The molecule has 2 heterocycles. The topological polar surface area (TPSA) is 552 Å². The number of rotatable bonds is 74. The van der Waals surface area contributed by atoms with E-state index in [-0.39, 0.29) is 276 Å². The van der Waals surface area contributed by atoms with Gasteiger partial charge in [0, 0.05) is 89.6 Å². The van der Waals surface area contributed by atoms with Crippen LogP contribution in [0.15, 0.2) is 42.5 Å². The molecule has 4 rings (SSSR count). The van der Waals surface area contributed by atoms with Crippen LogP contribution in [-0.2, 0) is 135 Å². The molecule has 0 spiro atoms. The number of nitrogens with zero attached hydrogens (tertiary/aromatic N) is 2. The van der Waals surface area contributed by atoms with Crippen LogP contribution in [0.5, 0.6) is 0 Å². The number of fused-ring (bicyclic) bond motifs is 1. The summed E-state index contributed by atoms with van der Waals surface area (Å²) in [6.45, 7) is 12.5. The van der Waals surface area contributed by atoms with E-state index in [0.29, 0.717) is 38.5 Å². The average molecular weight is 1880 g/mol. The van der Waals surface area contributed by atoms with Gasteiger partial charge in [0.1, 0.15) is 39.5 Å². The predicted molar refractivity (Wildman–Crippen MR) is 477 cm³/mol. The highest BCUT2D eigenvalue weighted by Crippen LogP contribution is 2.30. The number of amides is 13. The molecule has 6 unspecified atom stereocenters. The number of hydrogen-bond acceptors (Lipinski definition) is 31. The van der Waals surface area contributed by atoms with Crippen molar-refractivity contribution >= 4 is 135 Å². The van der Waals surface area contributed by atoms with E-state index < -0.39 is 136 Å². The second kappa shape index (κ2) is 65.4. The van der Waals surface area contributed by atoms with Gasteiger partial charge >= 0.3 is 11.9 Å². The number of esters is 2. The number of imide groups is 2. The molecule has 40 nitrogen and oxygen atoms in total. The lowest BCUT2D eigenvalue weighted by Crippen LogP contribution is -2.47. The van der Waals surface area contributed by atoms with Gasteiger partial charge in [-0.1, -0.05) is 96.8 Å². The minimum absolute atomic E-state index is 0.0102. The largest absolute Gasteiger partial charge is 0.462 e. The summed E-state index contributed by atoms with van der Waals surface area (Å²) in [6, 6.07) is 11.3. The molecule has 130 heavy (non-hydrogen) atoms. The van der Waals surface area contributed by atoms with Gasteiger partial charge in [-0.2, -0.15) is 0 Å². The van der Waals surface area contributed by atoms with Crippen molar-refractivity contribution in [1.82, 2.24) is 52.3 Å².